The molecule has 2 amide bonds. The first-order chi connectivity index (χ1) is 11.3. The summed E-state index contributed by atoms with van der Waals surface area (Å²) in [7, 11) is 0. The number of anilines is 1. The maximum Gasteiger partial charge on any atom is 0.322 e. The van der Waals surface area contributed by atoms with Gasteiger partial charge in [-0.2, -0.15) is 0 Å². The normalized spacial score (nSPS) is 19.7. The number of urea groups is 1. The fourth-order valence-electron chi connectivity index (χ4n) is 3.15. The van der Waals surface area contributed by atoms with Gasteiger partial charge in [-0.15, -0.1) is 11.3 Å². The summed E-state index contributed by atoms with van der Waals surface area (Å²) in [6, 6.07) is 9.80. The summed E-state index contributed by atoms with van der Waals surface area (Å²) in [6.07, 6.45) is 2.04. The molecular formula is C17H18N2O3S. The second-order valence-electron chi connectivity index (χ2n) is 5.63. The van der Waals surface area contributed by atoms with E-state index in [4.69, 9.17) is 9.47 Å². The minimum absolute atomic E-state index is 0.0801. The number of carbonyl (C=O) groups is 1. The molecule has 6 heteroatoms. The lowest BCUT2D eigenvalue weighted by molar-refractivity contribution is 0.172. The number of nitrogens with one attached hydrogen (secondary N) is 1. The molecule has 0 radical (unpaired) electrons. The summed E-state index contributed by atoms with van der Waals surface area (Å²) >= 11 is 1.70. The first-order valence-electron chi connectivity index (χ1n) is 7.82. The number of nitrogens with zero attached hydrogens (tertiary/aromatic N) is 1. The van der Waals surface area contributed by atoms with Gasteiger partial charge in [0.05, 0.1) is 11.7 Å². The summed E-state index contributed by atoms with van der Waals surface area (Å²) < 4.78 is 11.2. The van der Waals surface area contributed by atoms with Crippen LogP contribution in [-0.2, 0) is 0 Å². The van der Waals surface area contributed by atoms with Crippen molar-refractivity contribution in [1.82, 2.24) is 4.90 Å². The number of rotatable bonds is 2. The first kappa shape index (κ1) is 14.4. The van der Waals surface area contributed by atoms with Crippen LogP contribution in [0, 0.1) is 0 Å². The first-order valence-corrected chi connectivity index (χ1v) is 8.70. The number of fused-ring (bicyclic) bond motifs is 1. The van der Waals surface area contributed by atoms with Crippen molar-refractivity contribution in [2.75, 3.05) is 25.1 Å². The van der Waals surface area contributed by atoms with Gasteiger partial charge in [-0.3, -0.25) is 0 Å². The Labute approximate surface area is 138 Å². The van der Waals surface area contributed by atoms with Crippen molar-refractivity contribution in [3.63, 3.8) is 0 Å². The van der Waals surface area contributed by atoms with Crippen molar-refractivity contribution in [3.8, 4) is 11.5 Å². The van der Waals surface area contributed by atoms with Gasteiger partial charge in [-0.1, -0.05) is 12.1 Å². The number of carbonyl (C=O) groups excluding carboxylic acids is 1. The topological polar surface area (TPSA) is 50.8 Å². The fourth-order valence-corrected chi connectivity index (χ4v) is 4.02. The Kier molecular flexibility index (Phi) is 3.83. The van der Waals surface area contributed by atoms with E-state index in [1.807, 2.05) is 29.2 Å². The van der Waals surface area contributed by atoms with Gasteiger partial charge >= 0.3 is 6.03 Å². The van der Waals surface area contributed by atoms with E-state index in [-0.39, 0.29) is 12.1 Å². The maximum absolute atomic E-state index is 12.7. The zero-order chi connectivity index (χ0) is 15.6. The Bertz CT molecular complexity index is 702. The Morgan fingerprint density at radius 3 is 3.00 bits per heavy atom. The van der Waals surface area contributed by atoms with Crippen LogP contribution in [0.1, 0.15) is 23.8 Å². The predicted molar refractivity (Wildman–Crippen MR) is 89.5 cm³/mol. The van der Waals surface area contributed by atoms with Gasteiger partial charge in [0.1, 0.15) is 13.2 Å². The van der Waals surface area contributed by atoms with E-state index in [0.29, 0.717) is 30.4 Å². The molecule has 1 atom stereocenters. The van der Waals surface area contributed by atoms with Gasteiger partial charge in [-0.25, -0.2) is 4.79 Å². The highest BCUT2D eigenvalue weighted by molar-refractivity contribution is 7.10. The molecule has 0 aliphatic carbocycles. The number of amides is 2. The lowest BCUT2D eigenvalue weighted by Crippen LogP contribution is -2.34. The third-order valence-electron chi connectivity index (χ3n) is 4.19. The van der Waals surface area contributed by atoms with Gasteiger partial charge < -0.3 is 19.7 Å². The average molecular weight is 330 g/mol. The Morgan fingerprint density at radius 1 is 1.22 bits per heavy atom. The van der Waals surface area contributed by atoms with Crippen LogP contribution in [0.15, 0.2) is 35.7 Å². The summed E-state index contributed by atoms with van der Waals surface area (Å²) in [6.45, 7) is 1.82. The van der Waals surface area contributed by atoms with Crippen molar-refractivity contribution >= 4 is 23.1 Å². The number of thiophene rings is 1. The van der Waals surface area contributed by atoms with Crippen LogP contribution in [0.25, 0.3) is 0 Å². The molecular weight excluding hydrogens is 312 g/mol. The van der Waals surface area contributed by atoms with Crippen molar-refractivity contribution in [1.29, 1.82) is 0 Å². The van der Waals surface area contributed by atoms with Crippen molar-refractivity contribution in [2.45, 2.75) is 18.9 Å². The van der Waals surface area contributed by atoms with E-state index in [1.165, 1.54) is 4.88 Å². The van der Waals surface area contributed by atoms with Crippen molar-refractivity contribution in [3.05, 3.63) is 40.6 Å². The largest absolute Gasteiger partial charge is 0.486 e. The lowest BCUT2D eigenvalue weighted by Gasteiger charge is -2.26. The number of likely N-dealkylation sites (tertiary alicyclic amines) is 1. The van der Waals surface area contributed by atoms with Crippen LogP contribution < -0.4 is 14.8 Å². The van der Waals surface area contributed by atoms with Crippen LogP contribution in [0.2, 0.25) is 0 Å². The molecule has 2 aliphatic rings. The van der Waals surface area contributed by atoms with Gasteiger partial charge in [0.2, 0.25) is 0 Å². The summed E-state index contributed by atoms with van der Waals surface area (Å²) in [5.74, 6) is 1.31. The van der Waals surface area contributed by atoms with E-state index in [9.17, 15) is 4.79 Å². The molecule has 0 spiro atoms. The molecule has 1 saturated heterocycles. The van der Waals surface area contributed by atoms with Crippen LogP contribution in [0.4, 0.5) is 10.5 Å². The van der Waals surface area contributed by atoms with E-state index in [1.54, 1.807) is 11.3 Å². The second-order valence-corrected chi connectivity index (χ2v) is 6.61. The third kappa shape index (κ3) is 2.74. The summed E-state index contributed by atoms with van der Waals surface area (Å²) in [4.78, 5) is 15.9. The maximum atomic E-state index is 12.7. The molecule has 2 aliphatic heterocycles. The highest BCUT2D eigenvalue weighted by Gasteiger charge is 2.31. The van der Waals surface area contributed by atoms with E-state index < -0.39 is 0 Å². The number of hydrogen-bond donors (Lipinski definition) is 1. The molecule has 23 heavy (non-hydrogen) atoms. The Morgan fingerprint density at radius 2 is 2.13 bits per heavy atom. The number of benzene rings is 1. The molecule has 1 aromatic heterocycles. The minimum Gasteiger partial charge on any atom is -0.486 e. The quantitative estimate of drug-likeness (QED) is 0.909. The smallest absolute Gasteiger partial charge is 0.322 e. The van der Waals surface area contributed by atoms with Crippen LogP contribution in [-0.4, -0.2) is 30.7 Å². The predicted octanol–water partition coefficient (Wildman–Crippen LogP) is 3.89. The highest BCUT2D eigenvalue weighted by Crippen LogP contribution is 2.39. The van der Waals surface area contributed by atoms with Crippen molar-refractivity contribution in [2.24, 2.45) is 0 Å². The fraction of sp³-hybridized carbons (Fsp3) is 0.353. The molecule has 1 aromatic carbocycles. The lowest BCUT2D eigenvalue weighted by atomic mass is 10.2. The van der Waals surface area contributed by atoms with E-state index in [0.717, 1.165) is 19.4 Å². The summed E-state index contributed by atoms with van der Waals surface area (Å²) in [5.41, 5.74) is 0.670. The molecule has 1 unspecified atom stereocenters. The van der Waals surface area contributed by atoms with Gasteiger partial charge in [0.25, 0.3) is 0 Å². The minimum atomic E-state index is -0.0801. The molecule has 4 rings (SSSR count). The second kappa shape index (κ2) is 6.12. The zero-order valence-corrected chi connectivity index (χ0v) is 13.5. The Hall–Kier alpha value is -2.21. The molecule has 1 N–H and O–H groups in total. The van der Waals surface area contributed by atoms with Crippen LogP contribution in [0.3, 0.4) is 0 Å². The molecule has 3 heterocycles. The number of para-hydroxylation sites is 1. The average Bonchev–Trinajstić information content (AvgIpc) is 3.26. The number of hydrogen-bond acceptors (Lipinski definition) is 4. The summed E-state index contributed by atoms with van der Waals surface area (Å²) in [5, 5.41) is 5.05. The molecule has 2 aromatic rings. The molecule has 0 bridgehead atoms. The van der Waals surface area contributed by atoms with Crippen molar-refractivity contribution < 1.29 is 14.3 Å². The third-order valence-corrected chi connectivity index (χ3v) is 5.17. The number of ether oxygens (including phenoxy) is 2. The molecule has 5 nitrogen and oxygen atoms in total. The van der Waals surface area contributed by atoms with Gasteiger partial charge in [0.15, 0.2) is 11.5 Å². The van der Waals surface area contributed by atoms with E-state index in [2.05, 4.69) is 16.8 Å². The molecule has 1 fully saturated rings. The Balaban J connectivity index is 1.54. The molecule has 120 valence electrons. The van der Waals surface area contributed by atoms with Crippen LogP contribution in [0.5, 0.6) is 11.5 Å². The molecule has 0 saturated carbocycles. The van der Waals surface area contributed by atoms with Gasteiger partial charge in [-0.05, 0) is 36.4 Å². The SMILES string of the molecule is O=C(Nc1cccc2c1OCCO2)N1CCCC1c1cccs1. The zero-order valence-electron chi connectivity index (χ0n) is 12.7. The highest BCUT2D eigenvalue weighted by atomic mass is 32.1. The van der Waals surface area contributed by atoms with Crippen LogP contribution >= 0.6 is 11.3 Å². The van der Waals surface area contributed by atoms with Gasteiger partial charge in [0, 0.05) is 11.4 Å². The van der Waals surface area contributed by atoms with E-state index >= 15 is 0 Å². The monoisotopic (exact) mass is 330 g/mol. The standard InChI is InChI=1S/C17H18N2O3S/c20-17(19-8-2-5-13(19)15-7-3-11-23-15)18-12-4-1-6-14-16(12)22-10-9-21-14/h1,3-4,6-7,11,13H,2,5,8-10H2,(H,18,20).